The molecular weight excluding hydrogens is 170 g/mol. The van der Waals surface area contributed by atoms with Gasteiger partial charge in [-0.25, -0.2) is 0 Å². The van der Waals surface area contributed by atoms with Gasteiger partial charge >= 0.3 is 0 Å². The van der Waals surface area contributed by atoms with Gasteiger partial charge in [0.25, 0.3) is 0 Å². The highest BCUT2D eigenvalue weighted by Crippen LogP contribution is 2.37. The van der Waals surface area contributed by atoms with Gasteiger partial charge in [0.05, 0.1) is 0 Å². The van der Waals surface area contributed by atoms with Gasteiger partial charge in [0.2, 0.25) is 0 Å². The Kier molecular flexibility index (Phi) is 2.87. The van der Waals surface area contributed by atoms with Crippen molar-refractivity contribution < 1.29 is 0 Å². The molecule has 0 aliphatic heterocycles. The van der Waals surface area contributed by atoms with E-state index in [0.29, 0.717) is 0 Å². The topological polar surface area (TPSA) is 12.0 Å². The molecule has 0 saturated carbocycles. The van der Waals surface area contributed by atoms with E-state index in [4.69, 9.17) is 0 Å². The molecule has 76 valence electrons. The Morgan fingerprint density at radius 1 is 1.43 bits per heavy atom. The van der Waals surface area contributed by atoms with Gasteiger partial charge in [-0.2, -0.15) is 0 Å². The van der Waals surface area contributed by atoms with Crippen molar-refractivity contribution in [3.8, 4) is 0 Å². The summed E-state index contributed by atoms with van der Waals surface area (Å²) in [4.78, 5) is 0. The van der Waals surface area contributed by atoms with Crippen molar-refractivity contribution in [2.45, 2.75) is 32.6 Å². The lowest BCUT2D eigenvalue weighted by molar-refractivity contribution is 0.773. The van der Waals surface area contributed by atoms with Crippen LogP contribution < -0.4 is 5.32 Å². The minimum Gasteiger partial charge on any atom is -0.319 e. The van der Waals surface area contributed by atoms with Crippen LogP contribution in [0.1, 0.15) is 32.6 Å². The average Bonchev–Trinajstić information content (AvgIpc) is 2.55. The minimum atomic E-state index is 1.10. The average molecular weight is 189 g/mol. The van der Waals surface area contributed by atoms with Crippen LogP contribution in [0, 0.1) is 0 Å². The predicted molar refractivity (Wildman–Crippen MR) is 61.3 cm³/mol. The van der Waals surface area contributed by atoms with Crippen molar-refractivity contribution in [2.75, 3.05) is 13.6 Å². The molecule has 2 aliphatic rings. The number of hydrogen-bond acceptors (Lipinski definition) is 1. The van der Waals surface area contributed by atoms with Crippen molar-refractivity contribution in [3.63, 3.8) is 0 Å². The zero-order chi connectivity index (χ0) is 9.97. The largest absolute Gasteiger partial charge is 0.319 e. The molecule has 14 heavy (non-hydrogen) atoms. The maximum absolute atomic E-state index is 3.23. The van der Waals surface area contributed by atoms with E-state index in [-0.39, 0.29) is 0 Å². The monoisotopic (exact) mass is 189 g/mol. The Balaban J connectivity index is 2.09. The standard InChI is InChI=1S/C13H19N/c1-10-8-12-5-3-4-11(6-7-14-2)13(12)9-10/h4,8,14H,3,5-7,9H2,1-2H3. The first-order valence-corrected chi connectivity index (χ1v) is 5.54. The SMILES string of the molecule is CNCCC1=CCCC2=C1CC(C)=C2. The van der Waals surface area contributed by atoms with Gasteiger partial charge in [-0.1, -0.05) is 17.7 Å². The van der Waals surface area contributed by atoms with Gasteiger partial charge in [-0.3, -0.25) is 0 Å². The van der Waals surface area contributed by atoms with Crippen LogP contribution in [0.3, 0.4) is 0 Å². The van der Waals surface area contributed by atoms with E-state index >= 15 is 0 Å². The van der Waals surface area contributed by atoms with Crippen LogP contribution in [-0.4, -0.2) is 13.6 Å². The second-order valence-electron chi connectivity index (χ2n) is 4.29. The van der Waals surface area contributed by atoms with Crippen molar-refractivity contribution in [1.29, 1.82) is 0 Å². The van der Waals surface area contributed by atoms with Crippen molar-refractivity contribution in [3.05, 3.63) is 34.4 Å². The van der Waals surface area contributed by atoms with Crippen LogP contribution in [0.2, 0.25) is 0 Å². The van der Waals surface area contributed by atoms with Gasteiger partial charge in [0.15, 0.2) is 0 Å². The van der Waals surface area contributed by atoms with Crippen molar-refractivity contribution in [1.82, 2.24) is 5.32 Å². The Bertz CT molecular complexity index is 318. The maximum atomic E-state index is 3.23. The van der Waals surface area contributed by atoms with E-state index in [2.05, 4.69) is 24.4 Å². The van der Waals surface area contributed by atoms with E-state index < -0.39 is 0 Å². The fourth-order valence-corrected chi connectivity index (χ4v) is 2.41. The molecule has 0 spiro atoms. The number of hydrogen-bond donors (Lipinski definition) is 1. The minimum absolute atomic E-state index is 1.10. The van der Waals surface area contributed by atoms with Gasteiger partial charge in [-0.15, -0.1) is 0 Å². The Labute approximate surface area is 86.6 Å². The van der Waals surface area contributed by atoms with Crippen LogP contribution in [0.25, 0.3) is 0 Å². The quantitative estimate of drug-likeness (QED) is 0.719. The van der Waals surface area contributed by atoms with Crippen LogP contribution in [0.15, 0.2) is 34.4 Å². The second-order valence-corrected chi connectivity index (χ2v) is 4.29. The first kappa shape index (κ1) is 9.72. The van der Waals surface area contributed by atoms with Crippen LogP contribution in [0.4, 0.5) is 0 Å². The van der Waals surface area contributed by atoms with E-state index in [1.165, 1.54) is 31.3 Å². The molecule has 2 rings (SSSR count). The molecule has 2 aliphatic carbocycles. The number of allylic oxidation sites excluding steroid dienone is 5. The molecule has 0 atom stereocenters. The zero-order valence-corrected chi connectivity index (χ0v) is 9.19. The summed E-state index contributed by atoms with van der Waals surface area (Å²) >= 11 is 0. The van der Waals surface area contributed by atoms with Gasteiger partial charge in [0, 0.05) is 0 Å². The normalized spacial score (nSPS) is 20.7. The third-order valence-electron chi connectivity index (χ3n) is 3.10. The molecule has 0 heterocycles. The summed E-state index contributed by atoms with van der Waals surface area (Å²) in [6, 6.07) is 0. The first-order valence-electron chi connectivity index (χ1n) is 5.54. The fourth-order valence-electron chi connectivity index (χ4n) is 2.41. The fraction of sp³-hybridized carbons (Fsp3) is 0.538. The van der Waals surface area contributed by atoms with E-state index in [0.717, 1.165) is 6.54 Å². The van der Waals surface area contributed by atoms with E-state index in [1.807, 2.05) is 7.05 Å². The highest BCUT2D eigenvalue weighted by atomic mass is 14.8. The highest BCUT2D eigenvalue weighted by Gasteiger charge is 2.18. The smallest absolute Gasteiger partial charge is 0.00114 e. The summed E-state index contributed by atoms with van der Waals surface area (Å²) < 4.78 is 0. The van der Waals surface area contributed by atoms with Crippen molar-refractivity contribution in [2.24, 2.45) is 0 Å². The van der Waals surface area contributed by atoms with E-state index in [1.54, 1.807) is 16.7 Å². The molecule has 0 bridgehead atoms. The van der Waals surface area contributed by atoms with Crippen molar-refractivity contribution >= 4 is 0 Å². The third kappa shape index (κ3) is 1.83. The number of rotatable bonds is 3. The Morgan fingerprint density at radius 3 is 3.07 bits per heavy atom. The summed E-state index contributed by atoms with van der Waals surface area (Å²) in [5, 5.41) is 3.23. The highest BCUT2D eigenvalue weighted by molar-refractivity contribution is 5.50. The summed E-state index contributed by atoms with van der Waals surface area (Å²) in [6.07, 6.45) is 9.71. The summed E-state index contributed by atoms with van der Waals surface area (Å²) in [5.74, 6) is 0. The van der Waals surface area contributed by atoms with Crippen LogP contribution >= 0.6 is 0 Å². The summed E-state index contributed by atoms with van der Waals surface area (Å²) in [5.41, 5.74) is 6.36. The summed E-state index contributed by atoms with van der Waals surface area (Å²) in [6.45, 7) is 3.34. The molecule has 1 heteroatoms. The number of nitrogens with one attached hydrogen (secondary N) is 1. The molecule has 0 aromatic heterocycles. The maximum Gasteiger partial charge on any atom is -0.00114 e. The molecule has 0 aromatic carbocycles. The molecule has 0 aromatic rings. The molecule has 0 saturated heterocycles. The molecular formula is C13H19N. The predicted octanol–water partition coefficient (Wildman–Crippen LogP) is 2.96. The van der Waals surface area contributed by atoms with Gasteiger partial charge in [0.1, 0.15) is 0 Å². The van der Waals surface area contributed by atoms with Gasteiger partial charge < -0.3 is 5.32 Å². The molecule has 0 fully saturated rings. The zero-order valence-electron chi connectivity index (χ0n) is 9.19. The Hall–Kier alpha value is -0.820. The molecule has 0 radical (unpaired) electrons. The molecule has 1 nitrogen and oxygen atoms in total. The first-order chi connectivity index (χ1) is 6.81. The molecule has 0 unspecified atom stereocenters. The lowest BCUT2D eigenvalue weighted by atomic mass is 9.90. The second kappa shape index (κ2) is 4.14. The van der Waals surface area contributed by atoms with Gasteiger partial charge in [-0.05, 0) is 62.9 Å². The summed E-state index contributed by atoms with van der Waals surface area (Å²) in [7, 11) is 2.02. The Morgan fingerprint density at radius 2 is 2.29 bits per heavy atom. The third-order valence-corrected chi connectivity index (χ3v) is 3.10. The molecule has 1 N–H and O–H groups in total. The molecule has 0 amide bonds. The van der Waals surface area contributed by atoms with Crippen LogP contribution in [-0.2, 0) is 0 Å². The lowest BCUT2D eigenvalue weighted by Crippen LogP contribution is -2.10. The van der Waals surface area contributed by atoms with Crippen LogP contribution in [0.5, 0.6) is 0 Å². The lowest BCUT2D eigenvalue weighted by Gasteiger charge is -2.16. The van der Waals surface area contributed by atoms with E-state index in [9.17, 15) is 0 Å².